The molecule has 1 heterocycles. The molecule has 318 valence electrons. The van der Waals surface area contributed by atoms with Crippen LogP contribution in [-0.4, -0.2) is 59.2 Å². The van der Waals surface area contributed by atoms with Crippen LogP contribution >= 0.6 is 0 Å². The number of Topliss-reactive ketones (excluding diaryl/α,β-unsaturated/α-hetero) is 1. The fraction of sp³-hybridized carbons (Fsp3) is 0.587. The number of aromatic nitrogens is 2. The van der Waals surface area contributed by atoms with Gasteiger partial charge in [-0.05, 0) is 82.3 Å². The van der Waals surface area contributed by atoms with Gasteiger partial charge in [-0.1, -0.05) is 129 Å². The van der Waals surface area contributed by atoms with Gasteiger partial charge in [0.2, 0.25) is 10.0 Å². The second-order valence-corrected chi connectivity index (χ2v) is 18.2. The molecule has 1 aromatic heterocycles. The van der Waals surface area contributed by atoms with E-state index in [0.717, 1.165) is 67.2 Å². The van der Waals surface area contributed by atoms with Gasteiger partial charge in [-0.3, -0.25) is 14.6 Å². The summed E-state index contributed by atoms with van der Waals surface area (Å²) >= 11 is 0. The Morgan fingerprint density at radius 2 is 1.25 bits per heavy atom. The average molecular weight is 808 g/mol. The number of fused-ring (bicyclic) bond motifs is 3. The molecule has 1 atom stereocenters. The number of ketones is 1. The van der Waals surface area contributed by atoms with Crippen LogP contribution in [0.25, 0.3) is 11.1 Å². The highest BCUT2D eigenvalue weighted by atomic mass is 32.2. The van der Waals surface area contributed by atoms with E-state index in [4.69, 9.17) is 4.84 Å². The molecule has 3 aliphatic carbocycles. The molecule has 57 heavy (non-hydrogen) atoms. The highest BCUT2D eigenvalue weighted by Gasteiger charge is 2.36. The Morgan fingerprint density at radius 3 is 1.65 bits per heavy atom. The van der Waals surface area contributed by atoms with Crippen LogP contribution in [-0.2, 0) is 19.7 Å². The monoisotopic (exact) mass is 808 g/mol. The van der Waals surface area contributed by atoms with Crippen molar-refractivity contribution in [2.45, 2.75) is 152 Å². The zero-order valence-electron chi connectivity index (χ0n) is 34.7. The molecule has 0 bridgehead atoms. The number of hydrogen-bond donors (Lipinski definition) is 2. The molecule has 1 amide bonds. The fourth-order valence-corrected chi connectivity index (χ4v) is 7.54. The highest BCUT2D eigenvalue weighted by molar-refractivity contribution is 7.90. The summed E-state index contributed by atoms with van der Waals surface area (Å²) in [6, 6.07) is 16.3. The first-order valence-electron chi connectivity index (χ1n) is 20.1. The predicted molar refractivity (Wildman–Crippen MR) is 237 cm³/mol. The van der Waals surface area contributed by atoms with E-state index in [2.05, 4.69) is 89.3 Å². The second kappa shape index (κ2) is 24.7. The van der Waals surface area contributed by atoms with Gasteiger partial charge in [0.05, 0.1) is 17.5 Å². The van der Waals surface area contributed by atoms with Crippen LogP contribution in [0.5, 0.6) is 0 Å². The number of hydrogen-bond acceptors (Lipinski definition) is 8. The van der Waals surface area contributed by atoms with Gasteiger partial charge >= 0.3 is 0 Å². The summed E-state index contributed by atoms with van der Waals surface area (Å²) in [6.45, 7) is 20.4. The van der Waals surface area contributed by atoms with Crippen molar-refractivity contribution in [3.8, 4) is 11.1 Å². The van der Waals surface area contributed by atoms with Gasteiger partial charge in [0.25, 0.3) is 5.91 Å². The number of carbonyl (C=O) groups excluding carboxylic acids is 2. The van der Waals surface area contributed by atoms with Crippen LogP contribution in [0, 0.1) is 23.7 Å². The number of nitrogens with zero attached hydrogens (tertiary/aromatic N) is 3. The minimum absolute atomic E-state index is 0. The van der Waals surface area contributed by atoms with Crippen LogP contribution in [0.1, 0.15) is 151 Å². The van der Waals surface area contributed by atoms with E-state index in [9.17, 15) is 18.0 Å². The Bertz CT molecular complexity index is 1730. The molecule has 3 aromatic rings. The standard InChI is InChI=1S/C16H23N3O2.C16H15NO.C6H13NO2S.C6H14.2CH4/c1-11(2)15(20)14(12-6-4-3-5-7-12)19-16(21)13-10-17-8-9-18-13;1-11(2)18-17-16-14-9-5-3-7-12(14)13-8-4-6-10-15(13)16;1-5(2)7-10(8,9)6-3-4-6;1-5(2)6(3)4;;/h8-12,14H,3-7H2,1-2H3,(H,19,21);3-11H,1-2H3;5-7H,3-4H2,1-2H3;5-6H,1-4H3;2*1H4/t14-;;;;;/m0...../s1. The molecule has 2 aromatic carbocycles. The molecule has 2 fully saturated rings. The topological polar surface area (TPSA) is 140 Å². The molecule has 3 aliphatic rings. The molecule has 2 N–H and O–H groups in total. The minimum atomic E-state index is -2.94. The van der Waals surface area contributed by atoms with E-state index in [-0.39, 0.29) is 61.5 Å². The average Bonchev–Trinajstić information content (AvgIpc) is 3.98. The van der Waals surface area contributed by atoms with Gasteiger partial charge < -0.3 is 10.2 Å². The molecule has 0 radical (unpaired) electrons. The lowest BCUT2D eigenvalue weighted by molar-refractivity contribution is -0.125. The van der Waals surface area contributed by atoms with Crippen molar-refractivity contribution in [2.24, 2.45) is 28.8 Å². The van der Waals surface area contributed by atoms with Crippen molar-refractivity contribution in [1.82, 2.24) is 20.0 Å². The van der Waals surface area contributed by atoms with Crippen LogP contribution < -0.4 is 10.0 Å². The summed E-state index contributed by atoms with van der Waals surface area (Å²) < 4.78 is 24.7. The van der Waals surface area contributed by atoms with E-state index in [1.807, 2.05) is 53.7 Å². The van der Waals surface area contributed by atoms with Crippen molar-refractivity contribution < 1.29 is 22.8 Å². The Kier molecular flexibility index (Phi) is 22.2. The lowest BCUT2D eigenvalue weighted by Gasteiger charge is -2.30. The van der Waals surface area contributed by atoms with Gasteiger partial charge in [-0.25, -0.2) is 18.1 Å². The second-order valence-electron chi connectivity index (χ2n) is 16.2. The Hall–Kier alpha value is -3.96. The summed E-state index contributed by atoms with van der Waals surface area (Å²) in [4.78, 5) is 38.0. The first-order chi connectivity index (χ1) is 26.0. The van der Waals surface area contributed by atoms with E-state index in [1.165, 1.54) is 36.1 Å². The normalized spacial score (nSPS) is 15.0. The van der Waals surface area contributed by atoms with Crippen molar-refractivity contribution in [3.05, 3.63) is 83.9 Å². The lowest BCUT2D eigenvalue weighted by Crippen LogP contribution is -2.48. The molecule has 0 aliphatic heterocycles. The van der Waals surface area contributed by atoms with Crippen molar-refractivity contribution >= 4 is 27.4 Å². The number of benzene rings is 2. The van der Waals surface area contributed by atoms with Crippen LogP contribution in [0.2, 0.25) is 0 Å². The number of sulfonamides is 1. The molecule has 10 nitrogen and oxygen atoms in total. The first-order valence-corrected chi connectivity index (χ1v) is 21.6. The Morgan fingerprint density at radius 1 is 0.737 bits per heavy atom. The summed E-state index contributed by atoms with van der Waals surface area (Å²) in [5, 5.41) is 7.13. The summed E-state index contributed by atoms with van der Waals surface area (Å²) in [6.07, 6.45) is 11.7. The van der Waals surface area contributed by atoms with E-state index in [0.29, 0.717) is 0 Å². The molecule has 0 unspecified atom stereocenters. The largest absolute Gasteiger partial charge is 0.393 e. The maximum absolute atomic E-state index is 12.5. The lowest BCUT2D eigenvalue weighted by atomic mass is 9.80. The zero-order valence-corrected chi connectivity index (χ0v) is 35.5. The van der Waals surface area contributed by atoms with Gasteiger partial charge in [-0.2, -0.15) is 0 Å². The molecule has 0 saturated heterocycles. The van der Waals surface area contributed by atoms with Gasteiger partial charge in [-0.15, -0.1) is 0 Å². The number of carbonyl (C=O) groups is 2. The van der Waals surface area contributed by atoms with Gasteiger partial charge in [0.1, 0.15) is 17.5 Å². The van der Waals surface area contributed by atoms with E-state index >= 15 is 0 Å². The molecule has 2 saturated carbocycles. The molecule has 0 spiro atoms. The molecular formula is C46H73N5O5S. The number of rotatable bonds is 11. The van der Waals surface area contributed by atoms with Gasteiger partial charge in [0.15, 0.2) is 5.78 Å². The summed E-state index contributed by atoms with van der Waals surface area (Å²) in [5.74, 6) is 1.66. The van der Waals surface area contributed by atoms with E-state index in [1.54, 1.807) is 0 Å². The smallest absolute Gasteiger partial charge is 0.272 e. The molecule has 6 rings (SSSR count). The van der Waals surface area contributed by atoms with Crippen LogP contribution in [0.3, 0.4) is 0 Å². The maximum atomic E-state index is 12.5. The predicted octanol–water partition coefficient (Wildman–Crippen LogP) is 10.3. The summed E-state index contributed by atoms with van der Waals surface area (Å²) in [7, 11) is -2.94. The maximum Gasteiger partial charge on any atom is 0.272 e. The van der Waals surface area contributed by atoms with Crippen LogP contribution in [0.4, 0.5) is 0 Å². The highest BCUT2D eigenvalue weighted by Crippen LogP contribution is 2.36. The Balaban J connectivity index is 0.000000409. The fourth-order valence-electron chi connectivity index (χ4n) is 5.93. The SMILES string of the molecule is C.C.CC(C)C(=O)[C@@H](NC(=O)c1cnccn1)C1CCCCC1.CC(C)C(C)C.CC(C)NS(=O)(=O)C1CC1.CC(C)ON=C1c2ccccc2-c2ccccc21. The first kappa shape index (κ1) is 51.1. The minimum Gasteiger partial charge on any atom is -0.393 e. The third-order valence-electron chi connectivity index (χ3n) is 9.79. The third-order valence-corrected chi connectivity index (χ3v) is 11.9. The zero-order chi connectivity index (χ0) is 40.7. The third kappa shape index (κ3) is 16.4. The van der Waals surface area contributed by atoms with Crippen molar-refractivity contribution in [1.29, 1.82) is 0 Å². The van der Waals surface area contributed by atoms with E-state index < -0.39 is 16.1 Å². The number of amides is 1. The summed E-state index contributed by atoms with van der Waals surface area (Å²) in [5.41, 5.74) is 5.97. The number of oxime groups is 1. The van der Waals surface area contributed by atoms with Crippen LogP contribution in [0.15, 0.2) is 72.3 Å². The van der Waals surface area contributed by atoms with Gasteiger partial charge in [0, 0.05) is 35.5 Å². The number of nitrogens with one attached hydrogen (secondary N) is 2. The van der Waals surface area contributed by atoms with Crippen molar-refractivity contribution in [3.63, 3.8) is 0 Å². The van der Waals surface area contributed by atoms with Crippen molar-refractivity contribution in [2.75, 3.05) is 0 Å². The Labute approximate surface area is 345 Å². The quantitative estimate of drug-likeness (QED) is 0.144. The molecular weight excluding hydrogens is 735 g/mol. The molecule has 11 heteroatoms.